The molecule has 0 aliphatic rings. The molecule has 174 valence electrons. The number of aryl methyl sites for hydroxylation is 1. The minimum Gasteiger partial charge on any atom is -0.492 e. The number of benzene rings is 2. The number of methoxy groups -OCH3 is 1. The molecule has 32 heavy (non-hydrogen) atoms. The number of hydrogen-bond donors (Lipinski definition) is 3. The molecule has 0 bridgehead atoms. The summed E-state index contributed by atoms with van der Waals surface area (Å²) in [6, 6.07) is 13.4. The third kappa shape index (κ3) is 9.26. The van der Waals surface area contributed by atoms with Gasteiger partial charge in [-0.1, -0.05) is 18.2 Å². The van der Waals surface area contributed by atoms with Crippen LogP contribution in [-0.4, -0.2) is 51.9 Å². The Labute approximate surface area is 190 Å². The van der Waals surface area contributed by atoms with Crippen LogP contribution in [0.4, 0.5) is 5.69 Å². The highest BCUT2D eigenvalue weighted by Gasteiger charge is 2.06. The van der Waals surface area contributed by atoms with E-state index in [1.807, 2.05) is 44.2 Å². The molecule has 0 saturated carbocycles. The van der Waals surface area contributed by atoms with Gasteiger partial charge >= 0.3 is 0 Å². The van der Waals surface area contributed by atoms with Crippen LogP contribution in [0, 0.1) is 6.92 Å². The highest BCUT2D eigenvalue weighted by molar-refractivity contribution is 5.88. The fourth-order valence-corrected chi connectivity index (χ4v) is 2.87. The summed E-state index contributed by atoms with van der Waals surface area (Å²) in [7, 11) is 1.66. The van der Waals surface area contributed by atoms with Crippen molar-refractivity contribution in [1.82, 2.24) is 10.6 Å². The van der Waals surface area contributed by atoms with Crippen molar-refractivity contribution in [2.75, 3.05) is 45.3 Å². The molecule has 2 rings (SSSR count). The zero-order valence-corrected chi connectivity index (χ0v) is 19.4. The summed E-state index contributed by atoms with van der Waals surface area (Å²) >= 11 is 0. The van der Waals surface area contributed by atoms with Gasteiger partial charge in [-0.3, -0.25) is 4.79 Å². The topological polar surface area (TPSA) is 93.2 Å². The van der Waals surface area contributed by atoms with Gasteiger partial charge in [0.05, 0.1) is 19.7 Å². The smallest absolute Gasteiger partial charge is 0.221 e. The van der Waals surface area contributed by atoms with Crippen molar-refractivity contribution in [2.45, 2.75) is 27.3 Å². The van der Waals surface area contributed by atoms with Crippen molar-refractivity contribution >= 4 is 17.6 Å². The summed E-state index contributed by atoms with van der Waals surface area (Å²) in [5, 5.41) is 9.26. The summed E-state index contributed by atoms with van der Waals surface area (Å²) in [6.07, 6.45) is 0. The number of hydrogen-bond acceptors (Lipinski definition) is 5. The molecule has 0 aliphatic heterocycles. The molecule has 0 fully saturated rings. The monoisotopic (exact) mass is 442 g/mol. The Morgan fingerprint density at radius 2 is 1.88 bits per heavy atom. The van der Waals surface area contributed by atoms with Gasteiger partial charge in [-0.05, 0) is 37.6 Å². The molecule has 1 amide bonds. The third-order valence-corrected chi connectivity index (χ3v) is 4.34. The van der Waals surface area contributed by atoms with E-state index in [-0.39, 0.29) is 5.91 Å². The molecular weight excluding hydrogens is 408 g/mol. The number of carbonyl (C=O) groups excluding carboxylic acids is 1. The van der Waals surface area contributed by atoms with Gasteiger partial charge in [0.1, 0.15) is 24.7 Å². The normalized spacial score (nSPS) is 11.1. The molecule has 0 atom stereocenters. The number of ether oxygens (including phenoxy) is 3. The third-order valence-electron chi connectivity index (χ3n) is 4.34. The number of carbonyl (C=O) groups is 1. The standard InChI is InChI=1S/C24H34N4O4/c1-5-25-24(26-11-12-31-22-8-6-7-21(16-22)28-19(3)29)27-17-20-10-9-18(2)15-23(20)32-14-13-30-4/h6-10,15-16H,5,11-14,17H2,1-4H3,(H,28,29)(H2,25,26,27). The van der Waals surface area contributed by atoms with Crippen LogP contribution in [0.5, 0.6) is 11.5 Å². The molecule has 0 unspecified atom stereocenters. The first kappa shape index (κ1) is 25.0. The van der Waals surface area contributed by atoms with Crippen LogP contribution in [0.25, 0.3) is 0 Å². The fourth-order valence-electron chi connectivity index (χ4n) is 2.87. The first-order chi connectivity index (χ1) is 15.5. The summed E-state index contributed by atoms with van der Waals surface area (Å²) in [6.45, 7) is 8.81. The Balaban J connectivity index is 1.90. The first-order valence-corrected chi connectivity index (χ1v) is 10.8. The Hall–Kier alpha value is -3.26. The van der Waals surface area contributed by atoms with Crippen LogP contribution in [-0.2, 0) is 16.1 Å². The zero-order chi connectivity index (χ0) is 23.2. The Bertz CT molecular complexity index is 886. The lowest BCUT2D eigenvalue weighted by atomic mass is 10.1. The molecule has 2 aromatic rings. The second kappa shape index (κ2) is 13.9. The average Bonchev–Trinajstić information content (AvgIpc) is 2.76. The number of nitrogens with one attached hydrogen (secondary N) is 3. The number of anilines is 1. The van der Waals surface area contributed by atoms with Gasteiger partial charge in [0.2, 0.25) is 5.91 Å². The lowest BCUT2D eigenvalue weighted by Crippen LogP contribution is -2.39. The summed E-state index contributed by atoms with van der Waals surface area (Å²) in [5.74, 6) is 2.10. The lowest BCUT2D eigenvalue weighted by Gasteiger charge is -2.14. The van der Waals surface area contributed by atoms with Gasteiger partial charge in [-0.15, -0.1) is 0 Å². The van der Waals surface area contributed by atoms with Gasteiger partial charge in [0.25, 0.3) is 0 Å². The predicted molar refractivity (Wildman–Crippen MR) is 128 cm³/mol. The van der Waals surface area contributed by atoms with E-state index in [9.17, 15) is 4.79 Å². The number of rotatable bonds is 12. The van der Waals surface area contributed by atoms with E-state index in [2.05, 4.69) is 27.0 Å². The molecule has 0 aromatic heterocycles. The predicted octanol–water partition coefficient (Wildman–Crippen LogP) is 3.11. The van der Waals surface area contributed by atoms with Crippen molar-refractivity contribution in [3.8, 4) is 11.5 Å². The zero-order valence-electron chi connectivity index (χ0n) is 19.4. The minimum absolute atomic E-state index is 0.115. The molecule has 0 heterocycles. The quantitative estimate of drug-likeness (QED) is 0.266. The summed E-state index contributed by atoms with van der Waals surface area (Å²) < 4.78 is 16.7. The van der Waals surface area contributed by atoms with Gasteiger partial charge in [0, 0.05) is 37.9 Å². The molecule has 0 spiro atoms. The van der Waals surface area contributed by atoms with E-state index in [1.54, 1.807) is 13.2 Å². The van der Waals surface area contributed by atoms with Gasteiger partial charge < -0.3 is 30.2 Å². The lowest BCUT2D eigenvalue weighted by molar-refractivity contribution is -0.114. The largest absolute Gasteiger partial charge is 0.492 e. The van der Waals surface area contributed by atoms with Crippen molar-refractivity contribution in [2.24, 2.45) is 4.99 Å². The van der Waals surface area contributed by atoms with Crippen LogP contribution >= 0.6 is 0 Å². The average molecular weight is 443 g/mol. The number of guanidine groups is 1. The van der Waals surface area contributed by atoms with E-state index in [0.29, 0.717) is 50.3 Å². The van der Waals surface area contributed by atoms with Crippen molar-refractivity contribution in [3.05, 3.63) is 53.6 Å². The molecule has 0 radical (unpaired) electrons. The molecular formula is C24H34N4O4. The van der Waals surface area contributed by atoms with Crippen LogP contribution in [0.1, 0.15) is 25.0 Å². The van der Waals surface area contributed by atoms with Crippen LogP contribution in [0.15, 0.2) is 47.5 Å². The fraction of sp³-hybridized carbons (Fsp3) is 0.417. The highest BCUT2D eigenvalue weighted by Crippen LogP contribution is 2.21. The molecule has 3 N–H and O–H groups in total. The number of aliphatic imine (C=N–C) groups is 1. The van der Waals surface area contributed by atoms with Crippen LogP contribution in [0.2, 0.25) is 0 Å². The number of nitrogens with zero attached hydrogens (tertiary/aromatic N) is 1. The second-order valence-electron chi connectivity index (χ2n) is 7.13. The van der Waals surface area contributed by atoms with Crippen LogP contribution < -0.4 is 25.4 Å². The van der Waals surface area contributed by atoms with Crippen molar-refractivity contribution in [3.63, 3.8) is 0 Å². The highest BCUT2D eigenvalue weighted by atomic mass is 16.5. The maximum Gasteiger partial charge on any atom is 0.221 e. The Morgan fingerprint density at radius 3 is 2.62 bits per heavy atom. The Morgan fingerprint density at radius 1 is 1.03 bits per heavy atom. The van der Waals surface area contributed by atoms with Crippen molar-refractivity contribution in [1.29, 1.82) is 0 Å². The SMILES string of the molecule is CCNC(=NCc1ccc(C)cc1OCCOC)NCCOc1cccc(NC(C)=O)c1. The van der Waals surface area contributed by atoms with Gasteiger partial charge in [-0.25, -0.2) is 4.99 Å². The minimum atomic E-state index is -0.115. The van der Waals surface area contributed by atoms with Gasteiger partial charge in [-0.2, -0.15) is 0 Å². The summed E-state index contributed by atoms with van der Waals surface area (Å²) in [5.41, 5.74) is 2.85. The van der Waals surface area contributed by atoms with Crippen molar-refractivity contribution < 1.29 is 19.0 Å². The van der Waals surface area contributed by atoms with E-state index in [0.717, 1.165) is 23.4 Å². The Kier molecular flexibility index (Phi) is 10.9. The van der Waals surface area contributed by atoms with E-state index in [1.165, 1.54) is 6.92 Å². The van der Waals surface area contributed by atoms with E-state index in [4.69, 9.17) is 14.2 Å². The molecule has 2 aromatic carbocycles. The molecule has 8 heteroatoms. The molecule has 8 nitrogen and oxygen atoms in total. The summed E-state index contributed by atoms with van der Waals surface area (Å²) in [4.78, 5) is 15.9. The number of amides is 1. The molecule has 0 saturated heterocycles. The molecule has 0 aliphatic carbocycles. The van der Waals surface area contributed by atoms with E-state index >= 15 is 0 Å². The van der Waals surface area contributed by atoms with Gasteiger partial charge in [0.15, 0.2) is 5.96 Å². The maximum atomic E-state index is 11.2. The second-order valence-corrected chi connectivity index (χ2v) is 7.13. The van der Waals surface area contributed by atoms with E-state index < -0.39 is 0 Å². The van der Waals surface area contributed by atoms with Crippen LogP contribution in [0.3, 0.4) is 0 Å². The first-order valence-electron chi connectivity index (χ1n) is 10.8. The maximum absolute atomic E-state index is 11.2.